The van der Waals surface area contributed by atoms with Crippen molar-refractivity contribution in [3.8, 4) is 5.75 Å². The van der Waals surface area contributed by atoms with Crippen LogP contribution < -0.4 is 4.74 Å². The molecule has 0 fully saturated rings. The van der Waals surface area contributed by atoms with Crippen molar-refractivity contribution in [1.82, 2.24) is 0 Å². The van der Waals surface area contributed by atoms with Gasteiger partial charge in [0.05, 0.1) is 9.83 Å². The number of rotatable bonds is 2. The van der Waals surface area contributed by atoms with Gasteiger partial charge < -0.3 is 4.74 Å². The van der Waals surface area contributed by atoms with Crippen molar-refractivity contribution < 1.29 is 4.74 Å². The van der Waals surface area contributed by atoms with E-state index in [1.165, 1.54) is 6.26 Å². The van der Waals surface area contributed by atoms with Gasteiger partial charge >= 0.3 is 0 Å². The lowest BCUT2D eigenvalue weighted by molar-refractivity contribution is 0.480. The van der Waals surface area contributed by atoms with Gasteiger partial charge in [-0.15, -0.1) is 0 Å². The summed E-state index contributed by atoms with van der Waals surface area (Å²) in [5.74, 6) is 0.859. The van der Waals surface area contributed by atoms with Crippen LogP contribution in [0.5, 0.6) is 5.75 Å². The standard InChI is InChI=1S/C8H7IO/c1-2-10-8-6-4-3-5-7(8)9/h2-6H,1H2. The number of benzene rings is 1. The highest BCUT2D eigenvalue weighted by molar-refractivity contribution is 14.1. The fourth-order valence-electron chi connectivity index (χ4n) is 0.630. The molecule has 0 radical (unpaired) electrons. The molecule has 0 bridgehead atoms. The molecule has 0 aliphatic carbocycles. The predicted molar refractivity (Wildman–Crippen MR) is 50.0 cm³/mol. The highest BCUT2D eigenvalue weighted by Gasteiger charge is 1.94. The maximum Gasteiger partial charge on any atom is 0.139 e. The third kappa shape index (κ3) is 1.73. The van der Waals surface area contributed by atoms with Gasteiger partial charge in [-0.25, -0.2) is 0 Å². The summed E-state index contributed by atoms with van der Waals surface area (Å²) in [5.41, 5.74) is 0. The van der Waals surface area contributed by atoms with E-state index in [2.05, 4.69) is 29.2 Å². The Hall–Kier alpha value is -0.510. The smallest absolute Gasteiger partial charge is 0.139 e. The molecule has 0 aliphatic rings. The van der Waals surface area contributed by atoms with E-state index in [1.807, 2.05) is 24.3 Å². The zero-order valence-corrected chi connectivity index (χ0v) is 7.54. The van der Waals surface area contributed by atoms with Crippen LogP contribution in [0.1, 0.15) is 0 Å². The van der Waals surface area contributed by atoms with Crippen molar-refractivity contribution in [2.75, 3.05) is 0 Å². The molecule has 1 aromatic rings. The number of para-hydroxylation sites is 1. The number of ether oxygens (including phenoxy) is 1. The zero-order chi connectivity index (χ0) is 7.40. The fraction of sp³-hybridized carbons (Fsp3) is 0. The molecule has 0 amide bonds. The van der Waals surface area contributed by atoms with E-state index in [0.717, 1.165) is 9.32 Å². The van der Waals surface area contributed by atoms with Crippen LogP contribution >= 0.6 is 22.6 Å². The minimum atomic E-state index is 0.859. The fourth-order valence-corrected chi connectivity index (χ4v) is 1.14. The Morgan fingerprint density at radius 3 is 2.70 bits per heavy atom. The Labute approximate surface area is 73.8 Å². The van der Waals surface area contributed by atoms with Crippen molar-refractivity contribution in [1.29, 1.82) is 0 Å². The maximum absolute atomic E-state index is 5.09. The van der Waals surface area contributed by atoms with Gasteiger partial charge in [0.15, 0.2) is 0 Å². The van der Waals surface area contributed by atoms with E-state index in [9.17, 15) is 0 Å². The van der Waals surface area contributed by atoms with Crippen LogP contribution in [0.25, 0.3) is 0 Å². The van der Waals surface area contributed by atoms with E-state index in [4.69, 9.17) is 4.74 Å². The second-order valence-corrected chi connectivity index (χ2v) is 2.88. The molecule has 0 spiro atoms. The van der Waals surface area contributed by atoms with Gasteiger partial charge in [0.2, 0.25) is 0 Å². The predicted octanol–water partition coefficient (Wildman–Crippen LogP) is 2.81. The lowest BCUT2D eigenvalue weighted by Crippen LogP contribution is -1.82. The molecule has 52 valence electrons. The third-order valence-corrected chi connectivity index (χ3v) is 1.94. The molecule has 0 N–H and O–H groups in total. The monoisotopic (exact) mass is 246 g/mol. The number of halogens is 1. The summed E-state index contributed by atoms with van der Waals surface area (Å²) < 4.78 is 6.19. The minimum Gasteiger partial charge on any atom is -0.465 e. The summed E-state index contributed by atoms with van der Waals surface area (Å²) in [7, 11) is 0. The van der Waals surface area contributed by atoms with Crippen molar-refractivity contribution in [2.24, 2.45) is 0 Å². The molecule has 0 aliphatic heterocycles. The largest absolute Gasteiger partial charge is 0.465 e. The topological polar surface area (TPSA) is 9.23 Å². The van der Waals surface area contributed by atoms with Crippen LogP contribution in [0.4, 0.5) is 0 Å². The van der Waals surface area contributed by atoms with Gasteiger partial charge in [-0.1, -0.05) is 18.7 Å². The van der Waals surface area contributed by atoms with Gasteiger partial charge in [-0.2, -0.15) is 0 Å². The zero-order valence-electron chi connectivity index (χ0n) is 5.38. The van der Waals surface area contributed by atoms with Crippen molar-refractivity contribution in [3.63, 3.8) is 0 Å². The molecular weight excluding hydrogens is 239 g/mol. The van der Waals surface area contributed by atoms with Crippen LogP contribution in [0.15, 0.2) is 37.1 Å². The van der Waals surface area contributed by atoms with Gasteiger partial charge in [0, 0.05) is 0 Å². The maximum atomic E-state index is 5.09. The highest BCUT2D eigenvalue weighted by atomic mass is 127. The summed E-state index contributed by atoms with van der Waals surface area (Å²) in [5, 5.41) is 0. The molecule has 10 heavy (non-hydrogen) atoms. The van der Waals surface area contributed by atoms with Crippen molar-refractivity contribution in [2.45, 2.75) is 0 Å². The highest BCUT2D eigenvalue weighted by Crippen LogP contribution is 2.19. The van der Waals surface area contributed by atoms with E-state index in [0.29, 0.717) is 0 Å². The Morgan fingerprint density at radius 2 is 2.10 bits per heavy atom. The second-order valence-electron chi connectivity index (χ2n) is 1.71. The second kappa shape index (κ2) is 3.61. The SMILES string of the molecule is C=COc1ccccc1I. The van der Waals surface area contributed by atoms with Crippen LogP contribution in [-0.4, -0.2) is 0 Å². The van der Waals surface area contributed by atoms with Crippen LogP contribution in [-0.2, 0) is 0 Å². The molecule has 0 atom stereocenters. The molecule has 1 aromatic carbocycles. The van der Waals surface area contributed by atoms with Gasteiger partial charge in [0.25, 0.3) is 0 Å². The minimum absolute atomic E-state index is 0.859. The summed E-state index contributed by atoms with van der Waals surface area (Å²) >= 11 is 2.21. The summed E-state index contributed by atoms with van der Waals surface area (Å²) in [6.07, 6.45) is 1.43. The molecule has 0 saturated carbocycles. The lowest BCUT2D eigenvalue weighted by Gasteiger charge is -1.99. The third-order valence-electron chi connectivity index (χ3n) is 1.05. The molecule has 0 unspecified atom stereocenters. The van der Waals surface area contributed by atoms with Crippen molar-refractivity contribution in [3.05, 3.63) is 40.7 Å². The Morgan fingerprint density at radius 1 is 1.40 bits per heavy atom. The molecule has 1 rings (SSSR count). The molecule has 1 nitrogen and oxygen atoms in total. The van der Waals surface area contributed by atoms with E-state index in [-0.39, 0.29) is 0 Å². The Kier molecular flexibility index (Phi) is 2.74. The average molecular weight is 246 g/mol. The van der Waals surface area contributed by atoms with E-state index in [1.54, 1.807) is 0 Å². The van der Waals surface area contributed by atoms with Crippen LogP contribution in [0.3, 0.4) is 0 Å². The molecule has 2 heteroatoms. The van der Waals surface area contributed by atoms with Gasteiger partial charge in [0.1, 0.15) is 5.75 Å². The van der Waals surface area contributed by atoms with Gasteiger partial charge in [-0.05, 0) is 34.7 Å². The first-order chi connectivity index (χ1) is 4.84. The number of hydrogen-bond acceptors (Lipinski definition) is 1. The van der Waals surface area contributed by atoms with Crippen molar-refractivity contribution >= 4 is 22.6 Å². The van der Waals surface area contributed by atoms with Crippen LogP contribution in [0, 0.1) is 3.57 Å². The Bertz CT molecular complexity index is 232. The van der Waals surface area contributed by atoms with Crippen LogP contribution in [0.2, 0.25) is 0 Å². The molecule has 0 saturated heterocycles. The summed E-state index contributed by atoms with van der Waals surface area (Å²) in [6.45, 7) is 3.47. The quantitative estimate of drug-likeness (QED) is 0.575. The first-order valence-electron chi connectivity index (χ1n) is 2.86. The summed E-state index contributed by atoms with van der Waals surface area (Å²) in [6, 6.07) is 7.79. The van der Waals surface area contributed by atoms with E-state index >= 15 is 0 Å². The van der Waals surface area contributed by atoms with E-state index < -0.39 is 0 Å². The Balaban J connectivity index is 2.91. The van der Waals surface area contributed by atoms with Gasteiger partial charge in [-0.3, -0.25) is 0 Å². The lowest BCUT2D eigenvalue weighted by atomic mass is 10.3. The molecule has 0 heterocycles. The molecular formula is C8H7IO. The normalized spacial score (nSPS) is 8.90. The number of hydrogen-bond donors (Lipinski definition) is 0. The first kappa shape index (κ1) is 7.60. The average Bonchev–Trinajstić information content (AvgIpc) is 1.94. The first-order valence-corrected chi connectivity index (χ1v) is 3.94. The summed E-state index contributed by atoms with van der Waals surface area (Å²) in [4.78, 5) is 0. The molecule has 0 aromatic heterocycles.